The Kier molecular flexibility index (Phi) is 8.46. The number of carbonyl (C=O) groups is 1. The van der Waals surface area contributed by atoms with E-state index in [0.29, 0.717) is 36.3 Å². The smallest absolute Gasteiger partial charge is 0.317 e. The van der Waals surface area contributed by atoms with Crippen molar-refractivity contribution in [3.8, 4) is 0 Å². The molecule has 7 heteroatoms. The molecule has 1 aliphatic heterocycles. The van der Waals surface area contributed by atoms with Crippen LogP contribution in [0.1, 0.15) is 32.8 Å². The van der Waals surface area contributed by atoms with E-state index in [-0.39, 0.29) is 17.0 Å². The van der Waals surface area contributed by atoms with Crippen LogP contribution in [0.5, 0.6) is 0 Å². The van der Waals surface area contributed by atoms with Gasteiger partial charge in [-0.25, -0.2) is 4.79 Å². The normalized spacial score (nSPS) is 16.6. The summed E-state index contributed by atoms with van der Waals surface area (Å²) in [4.78, 5) is 14.4. The van der Waals surface area contributed by atoms with Crippen molar-refractivity contribution in [1.82, 2.24) is 10.2 Å². The van der Waals surface area contributed by atoms with E-state index in [9.17, 15) is 4.79 Å². The Labute approximate surface area is 225 Å². The Balaban J connectivity index is 1.50. The Bertz CT molecular complexity index is 1130. The van der Waals surface area contributed by atoms with E-state index in [2.05, 4.69) is 86.8 Å². The molecule has 190 valence electrons. The lowest BCUT2D eigenvalue weighted by molar-refractivity contribution is 0.152. The van der Waals surface area contributed by atoms with Crippen molar-refractivity contribution in [2.75, 3.05) is 19.7 Å². The molecule has 0 spiro atoms. The third-order valence-electron chi connectivity index (χ3n) is 6.95. The molecule has 36 heavy (non-hydrogen) atoms. The Morgan fingerprint density at radius 2 is 1.58 bits per heavy atom. The summed E-state index contributed by atoms with van der Waals surface area (Å²) in [6.07, 6.45) is 0.857. The van der Waals surface area contributed by atoms with Gasteiger partial charge in [-0.1, -0.05) is 111 Å². The quantitative estimate of drug-likeness (QED) is 0.350. The number of nitrogens with one attached hydrogen (secondary N) is 1. The predicted octanol–water partition coefficient (Wildman–Crippen LogP) is 6.10. The first-order valence-electron chi connectivity index (χ1n) is 12.4. The van der Waals surface area contributed by atoms with E-state index in [1.165, 1.54) is 10.4 Å². The lowest BCUT2D eigenvalue weighted by Gasteiger charge is -2.43. The summed E-state index contributed by atoms with van der Waals surface area (Å²) in [5, 5.41) is 6.71. The van der Waals surface area contributed by atoms with E-state index in [4.69, 9.17) is 27.6 Å². The maximum Gasteiger partial charge on any atom is 0.317 e. The molecule has 3 aromatic carbocycles. The molecule has 0 radical (unpaired) electrons. The van der Waals surface area contributed by atoms with Crippen LogP contribution in [0.2, 0.25) is 15.1 Å². The van der Waals surface area contributed by atoms with E-state index in [0.717, 1.165) is 12.0 Å². The molecule has 2 amide bonds. The highest BCUT2D eigenvalue weighted by atomic mass is 35.5. The van der Waals surface area contributed by atoms with E-state index in [1.54, 1.807) is 12.1 Å². The molecule has 1 atom stereocenters. The second-order valence-corrected chi connectivity index (χ2v) is 15.6. The zero-order valence-corrected chi connectivity index (χ0v) is 23.6. The molecule has 0 saturated carbocycles. The van der Waals surface area contributed by atoms with Crippen molar-refractivity contribution < 1.29 is 9.22 Å². The average Bonchev–Trinajstić information content (AvgIpc) is 2.85. The van der Waals surface area contributed by atoms with Crippen molar-refractivity contribution in [1.29, 1.82) is 0 Å². The summed E-state index contributed by atoms with van der Waals surface area (Å²) in [6.45, 7) is 9.26. The molecule has 1 N–H and O–H groups in total. The number of hydrogen-bond donors (Lipinski definition) is 1. The zero-order chi connectivity index (χ0) is 25.8. The molecule has 4 nitrogen and oxygen atoms in total. The van der Waals surface area contributed by atoms with Crippen molar-refractivity contribution in [2.45, 2.75) is 38.8 Å². The number of urea groups is 1. The third kappa shape index (κ3) is 5.81. The van der Waals surface area contributed by atoms with Crippen LogP contribution in [0.4, 0.5) is 4.79 Å². The second kappa shape index (κ2) is 11.4. The van der Waals surface area contributed by atoms with Gasteiger partial charge in [0.15, 0.2) is 0 Å². The molecule has 0 bridgehead atoms. The maximum atomic E-state index is 12.6. The van der Waals surface area contributed by atoms with Gasteiger partial charge in [0.05, 0.1) is 0 Å². The van der Waals surface area contributed by atoms with Gasteiger partial charge in [-0.15, -0.1) is 0 Å². The van der Waals surface area contributed by atoms with Crippen LogP contribution in [0.3, 0.4) is 0 Å². The highest BCUT2D eigenvalue weighted by molar-refractivity contribution is 6.99. The molecule has 1 unspecified atom stereocenters. The summed E-state index contributed by atoms with van der Waals surface area (Å²) < 4.78 is 7.05. The monoisotopic (exact) mass is 540 g/mol. The average molecular weight is 542 g/mol. The largest absolute Gasteiger partial charge is 0.407 e. The number of hydrogen-bond acceptors (Lipinski definition) is 2. The summed E-state index contributed by atoms with van der Waals surface area (Å²) in [7, 11) is -2.57. The van der Waals surface area contributed by atoms with Crippen molar-refractivity contribution in [3.05, 3.63) is 94.5 Å². The van der Waals surface area contributed by atoms with Gasteiger partial charge < -0.3 is 14.6 Å². The summed E-state index contributed by atoms with van der Waals surface area (Å²) in [5.74, 6) is 0.284. The van der Waals surface area contributed by atoms with Crippen LogP contribution in [0, 0.1) is 5.92 Å². The highest BCUT2D eigenvalue weighted by Crippen LogP contribution is 2.37. The first-order valence-corrected chi connectivity index (χ1v) is 15.1. The Morgan fingerprint density at radius 1 is 0.972 bits per heavy atom. The lowest BCUT2D eigenvalue weighted by atomic mass is 10.0. The van der Waals surface area contributed by atoms with Crippen molar-refractivity contribution in [2.24, 2.45) is 5.92 Å². The SMILES string of the molecule is CC(C)(C)[Si](OCCC1CNC(=O)N(Cc2ccc(Cl)cc2Cl)C1)(c1ccccc1)c1ccccc1. The van der Waals surface area contributed by atoms with Crippen LogP contribution in [-0.2, 0) is 11.0 Å². The minimum atomic E-state index is -2.57. The van der Waals surface area contributed by atoms with Gasteiger partial charge in [0.25, 0.3) is 8.32 Å². The highest BCUT2D eigenvalue weighted by Gasteiger charge is 2.50. The maximum absolute atomic E-state index is 12.6. The molecule has 1 aliphatic rings. The second-order valence-electron chi connectivity index (χ2n) is 10.5. The molecular formula is C29H34Cl2N2O2Si. The molecule has 1 saturated heterocycles. The molecule has 1 fully saturated rings. The molecule has 0 aromatic heterocycles. The van der Waals surface area contributed by atoms with Crippen molar-refractivity contribution >= 4 is 47.9 Å². The lowest BCUT2D eigenvalue weighted by Crippen LogP contribution is -2.66. The standard InChI is InChI=1S/C29H34Cl2N2O2Si/c1-29(2,3)36(25-10-6-4-7-11-25,26-12-8-5-9-13-26)35-17-16-22-19-32-28(34)33(20-22)21-23-14-15-24(30)18-27(23)31/h4-15,18,22H,16-17,19-21H2,1-3H3,(H,32,34). The van der Waals surface area contributed by atoms with Gasteiger partial charge in [0.2, 0.25) is 0 Å². The van der Waals surface area contributed by atoms with E-state index < -0.39 is 8.32 Å². The van der Waals surface area contributed by atoms with Gasteiger partial charge >= 0.3 is 6.03 Å². The number of halogens is 2. The predicted molar refractivity (Wildman–Crippen MR) is 152 cm³/mol. The van der Waals surface area contributed by atoms with Crippen LogP contribution >= 0.6 is 23.2 Å². The number of rotatable bonds is 8. The van der Waals surface area contributed by atoms with Crippen LogP contribution in [0.25, 0.3) is 0 Å². The number of carbonyl (C=O) groups excluding carboxylic acids is 1. The first kappa shape index (κ1) is 26.7. The minimum Gasteiger partial charge on any atom is -0.407 e. The molecule has 1 heterocycles. The van der Waals surface area contributed by atoms with Gasteiger partial charge in [-0.2, -0.15) is 0 Å². The molecule has 3 aromatic rings. The molecule has 0 aliphatic carbocycles. The van der Waals surface area contributed by atoms with Crippen molar-refractivity contribution in [3.63, 3.8) is 0 Å². The number of nitrogens with zero attached hydrogens (tertiary/aromatic N) is 1. The zero-order valence-electron chi connectivity index (χ0n) is 21.1. The number of benzene rings is 3. The minimum absolute atomic E-state index is 0.0617. The fourth-order valence-electron chi connectivity index (χ4n) is 5.13. The summed E-state index contributed by atoms with van der Waals surface area (Å²) in [5.41, 5.74) is 0.889. The van der Waals surface area contributed by atoms with Gasteiger partial charge in [0.1, 0.15) is 0 Å². The third-order valence-corrected chi connectivity index (χ3v) is 12.6. The van der Waals surface area contributed by atoms with E-state index >= 15 is 0 Å². The Morgan fingerprint density at radius 3 is 2.14 bits per heavy atom. The van der Waals surface area contributed by atoms with E-state index in [1.807, 2.05) is 11.0 Å². The summed E-state index contributed by atoms with van der Waals surface area (Å²) >= 11 is 12.4. The Hall–Kier alpha value is -2.31. The van der Waals surface area contributed by atoms with Gasteiger partial charge in [0, 0.05) is 36.3 Å². The first-order chi connectivity index (χ1) is 17.2. The topological polar surface area (TPSA) is 41.6 Å². The van der Waals surface area contributed by atoms with Crippen LogP contribution < -0.4 is 15.7 Å². The van der Waals surface area contributed by atoms with Crippen LogP contribution in [-0.4, -0.2) is 38.9 Å². The van der Waals surface area contributed by atoms with Gasteiger partial charge in [-0.3, -0.25) is 0 Å². The molecular weight excluding hydrogens is 507 g/mol. The van der Waals surface area contributed by atoms with Crippen LogP contribution in [0.15, 0.2) is 78.9 Å². The van der Waals surface area contributed by atoms with Gasteiger partial charge in [-0.05, 0) is 45.4 Å². The molecule has 4 rings (SSSR count). The number of amides is 2. The fourth-order valence-corrected chi connectivity index (χ4v) is 10.2. The fraction of sp³-hybridized carbons (Fsp3) is 0.345. The summed E-state index contributed by atoms with van der Waals surface area (Å²) in [6, 6.07) is 26.7.